The van der Waals surface area contributed by atoms with Crippen LogP contribution in [0.15, 0.2) is 0 Å². The first-order chi connectivity index (χ1) is 9.06. The van der Waals surface area contributed by atoms with Crippen LogP contribution in [0.1, 0.15) is 77.6 Å². The molecule has 1 unspecified atom stereocenters. The van der Waals surface area contributed by atoms with Gasteiger partial charge in [0, 0.05) is 6.42 Å². The lowest BCUT2D eigenvalue weighted by molar-refractivity contribution is -0.140. The Morgan fingerprint density at radius 3 is 2.00 bits per heavy atom. The normalized spacial score (nSPS) is 12.3. The highest BCUT2D eigenvalue weighted by Gasteiger charge is 2.13. The van der Waals surface area contributed by atoms with Gasteiger partial charge >= 0.3 is 5.97 Å². The zero-order chi connectivity index (χ0) is 14.5. The smallest absolute Gasteiger partial charge is 0.310 e. The second-order valence-corrected chi connectivity index (χ2v) is 5.23. The van der Waals surface area contributed by atoms with Gasteiger partial charge in [-0.25, -0.2) is 0 Å². The summed E-state index contributed by atoms with van der Waals surface area (Å²) < 4.78 is 0. The number of carboxylic acid groups (broad SMARTS) is 1. The maximum Gasteiger partial charge on any atom is 0.310 e. The second kappa shape index (κ2) is 12.2. The molecule has 0 aromatic rings. The Morgan fingerprint density at radius 2 is 1.47 bits per heavy atom. The van der Waals surface area contributed by atoms with Crippen LogP contribution in [-0.2, 0) is 9.59 Å². The average Bonchev–Trinajstić information content (AvgIpc) is 2.31. The number of carboxylic acids is 1. The predicted molar refractivity (Wildman–Crippen MR) is 75.1 cm³/mol. The Bertz CT molecular complexity index is 251. The molecule has 19 heavy (non-hydrogen) atoms. The van der Waals surface area contributed by atoms with Crippen molar-refractivity contribution in [3.05, 3.63) is 0 Å². The topological polar surface area (TPSA) is 74.6 Å². The molecule has 0 heterocycles. The Labute approximate surface area is 116 Å². The van der Waals surface area contributed by atoms with E-state index >= 15 is 0 Å². The van der Waals surface area contributed by atoms with Gasteiger partial charge in [0.25, 0.3) is 0 Å². The van der Waals surface area contributed by atoms with Crippen molar-refractivity contribution >= 4 is 11.8 Å². The molecule has 0 aliphatic rings. The van der Waals surface area contributed by atoms with Gasteiger partial charge in [-0.3, -0.25) is 9.59 Å². The predicted octanol–water partition coefficient (Wildman–Crippen LogP) is 3.31. The number of carbonyl (C=O) groups is 2. The third-order valence-corrected chi connectivity index (χ3v) is 3.20. The van der Waals surface area contributed by atoms with Gasteiger partial charge in [-0.05, 0) is 6.42 Å². The first kappa shape index (κ1) is 18.1. The molecular weight excluding hydrogens is 244 g/mol. The minimum absolute atomic E-state index is 0.0250. The molecule has 0 rings (SSSR count). The van der Waals surface area contributed by atoms with E-state index in [2.05, 4.69) is 6.92 Å². The second-order valence-electron chi connectivity index (χ2n) is 5.23. The van der Waals surface area contributed by atoms with Crippen LogP contribution >= 0.6 is 0 Å². The van der Waals surface area contributed by atoms with E-state index in [-0.39, 0.29) is 12.2 Å². The van der Waals surface area contributed by atoms with Crippen molar-refractivity contribution in [1.29, 1.82) is 0 Å². The molecule has 4 nitrogen and oxygen atoms in total. The SMILES string of the molecule is CCCCCCCCCCC(O)CC(=O)CC(=O)O. The van der Waals surface area contributed by atoms with Gasteiger partial charge in [-0.1, -0.05) is 58.3 Å². The number of aliphatic carboxylic acids is 1. The van der Waals surface area contributed by atoms with Crippen molar-refractivity contribution in [2.45, 2.75) is 83.7 Å². The zero-order valence-corrected chi connectivity index (χ0v) is 12.1. The lowest BCUT2D eigenvalue weighted by Gasteiger charge is -2.08. The molecule has 0 saturated heterocycles. The van der Waals surface area contributed by atoms with Crippen molar-refractivity contribution in [3.63, 3.8) is 0 Å². The first-order valence-corrected chi connectivity index (χ1v) is 7.47. The van der Waals surface area contributed by atoms with Gasteiger partial charge in [0.1, 0.15) is 12.2 Å². The number of aliphatic hydroxyl groups is 1. The Morgan fingerprint density at radius 1 is 0.947 bits per heavy atom. The Balaban J connectivity index is 3.36. The minimum atomic E-state index is -1.12. The van der Waals surface area contributed by atoms with E-state index in [0.29, 0.717) is 6.42 Å². The van der Waals surface area contributed by atoms with Gasteiger partial charge in [0.05, 0.1) is 6.10 Å². The number of hydrogen-bond acceptors (Lipinski definition) is 3. The van der Waals surface area contributed by atoms with Crippen LogP contribution in [0, 0.1) is 0 Å². The fourth-order valence-corrected chi connectivity index (χ4v) is 2.12. The summed E-state index contributed by atoms with van der Waals surface area (Å²) in [6, 6.07) is 0. The summed E-state index contributed by atoms with van der Waals surface area (Å²) in [5.41, 5.74) is 0. The van der Waals surface area contributed by atoms with Crippen LogP contribution in [0.2, 0.25) is 0 Å². The van der Waals surface area contributed by atoms with Crippen LogP contribution in [0.25, 0.3) is 0 Å². The fourth-order valence-electron chi connectivity index (χ4n) is 2.12. The molecule has 4 heteroatoms. The summed E-state index contributed by atoms with van der Waals surface area (Å²) >= 11 is 0. The van der Waals surface area contributed by atoms with Crippen LogP contribution in [-0.4, -0.2) is 28.1 Å². The van der Waals surface area contributed by atoms with Crippen molar-refractivity contribution in [3.8, 4) is 0 Å². The molecule has 0 radical (unpaired) electrons. The number of ketones is 1. The summed E-state index contributed by atoms with van der Waals surface area (Å²) in [6.45, 7) is 2.20. The highest BCUT2D eigenvalue weighted by atomic mass is 16.4. The Hall–Kier alpha value is -0.900. The maximum absolute atomic E-state index is 11.2. The number of carbonyl (C=O) groups excluding carboxylic acids is 1. The molecular formula is C15H28O4. The molecule has 0 fully saturated rings. The quantitative estimate of drug-likeness (QED) is 0.398. The van der Waals surface area contributed by atoms with Gasteiger partial charge in [0.2, 0.25) is 0 Å². The lowest BCUT2D eigenvalue weighted by atomic mass is 10.0. The van der Waals surface area contributed by atoms with Gasteiger partial charge in [-0.15, -0.1) is 0 Å². The molecule has 0 aliphatic heterocycles. The van der Waals surface area contributed by atoms with E-state index in [1.54, 1.807) is 0 Å². The fraction of sp³-hybridized carbons (Fsp3) is 0.867. The first-order valence-electron chi connectivity index (χ1n) is 7.47. The van der Waals surface area contributed by atoms with Crippen LogP contribution < -0.4 is 0 Å². The van der Waals surface area contributed by atoms with Gasteiger partial charge < -0.3 is 10.2 Å². The van der Waals surface area contributed by atoms with Crippen molar-refractivity contribution in [1.82, 2.24) is 0 Å². The monoisotopic (exact) mass is 272 g/mol. The van der Waals surface area contributed by atoms with Crippen LogP contribution in [0.5, 0.6) is 0 Å². The third-order valence-electron chi connectivity index (χ3n) is 3.20. The average molecular weight is 272 g/mol. The van der Waals surface area contributed by atoms with Crippen molar-refractivity contribution < 1.29 is 19.8 Å². The molecule has 0 aliphatic carbocycles. The van der Waals surface area contributed by atoms with Crippen molar-refractivity contribution in [2.24, 2.45) is 0 Å². The standard InChI is InChI=1S/C15H28O4/c1-2-3-4-5-6-7-8-9-10-13(16)11-14(17)12-15(18)19/h13,16H,2-12H2,1H3,(H,18,19). The summed E-state index contributed by atoms with van der Waals surface area (Å²) in [4.78, 5) is 21.5. The Kier molecular flexibility index (Phi) is 11.6. The number of unbranched alkanes of at least 4 members (excludes halogenated alkanes) is 7. The largest absolute Gasteiger partial charge is 0.481 e. The molecule has 0 bridgehead atoms. The number of aliphatic hydroxyl groups excluding tert-OH is 1. The van der Waals surface area contributed by atoms with E-state index in [1.165, 1.54) is 38.5 Å². The summed E-state index contributed by atoms with van der Waals surface area (Å²) in [5.74, 6) is -1.51. The molecule has 0 aromatic carbocycles. The zero-order valence-electron chi connectivity index (χ0n) is 12.1. The number of Topliss-reactive ketones (excluding diaryl/α,β-unsaturated/α-hetero) is 1. The van der Waals surface area contributed by atoms with Crippen molar-refractivity contribution in [2.75, 3.05) is 0 Å². The highest BCUT2D eigenvalue weighted by molar-refractivity contribution is 5.94. The van der Waals surface area contributed by atoms with Crippen LogP contribution in [0.4, 0.5) is 0 Å². The van der Waals surface area contributed by atoms with Gasteiger partial charge in [0.15, 0.2) is 0 Å². The number of hydrogen-bond donors (Lipinski definition) is 2. The summed E-state index contributed by atoms with van der Waals surface area (Å²) in [6.07, 6.45) is 9.00. The highest BCUT2D eigenvalue weighted by Crippen LogP contribution is 2.12. The lowest BCUT2D eigenvalue weighted by Crippen LogP contribution is -2.16. The molecule has 0 amide bonds. The molecule has 1 atom stereocenters. The molecule has 0 aromatic heterocycles. The minimum Gasteiger partial charge on any atom is -0.481 e. The maximum atomic E-state index is 11.2. The van der Waals surface area contributed by atoms with E-state index in [1.807, 2.05) is 0 Å². The molecule has 112 valence electrons. The van der Waals surface area contributed by atoms with Gasteiger partial charge in [-0.2, -0.15) is 0 Å². The third kappa shape index (κ3) is 13.3. The molecule has 0 saturated carbocycles. The van der Waals surface area contributed by atoms with E-state index in [0.717, 1.165) is 12.8 Å². The molecule has 2 N–H and O–H groups in total. The van der Waals surface area contributed by atoms with Crippen LogP contribution in [0.3, 0.4) is 0 Å². The van der Waals surface area contributed by atoms with E-state index in [4.69, 9.17) is 5.11 Å². The number of rotatable bonds is 13. The molecule has 0 spiro atoms. The summed E-state index contributed by atoms with van der Waals surface area (Å²) in [5, 5.41) is 18.0. The van der Waals surface area contributed by atoms with E-state index < -0.39 is 18.5 Å². The summed E-state index contributed by atoms with van der Waals surface area (Å²) in [7, 11) is 0. The van der Waals surface area contributed by atoms with E-state index in [9.17, 15) is 14.7 Å².